The van der Waals surface area contributed by atoms with Crippen molar-refractivity contribution in [1.82, 2.24) is 9.99 Å². The van der Waals surface area contributed by atoms with Crippen molar-refractivity contribution in [2.75, 3.05) is 19.5 Å². The first-order valence-electron chi connectivity index (χ1n) is 4.70. The molecule has 7 nitrogen and oxygen atoms in total. The Morgan fingerprint density at radius 3 is 2.88 bits per heavy atom. The van der Waals surface area contributed by atoms with Crippen LogP contribution in [0.25, 0.3) is 11.5 Å². The molecule has 0 spiro atoms. The number of nitrogens with zero attached hydrogens (tertiary/aromatic N) is 3. The zero-order chi connectivity index (χ0) is 12.4. The minimum Gasteiger partial charge on any atom is -0.399 e. The van der Waals surface area contributed by atoms with E-state index in [0.29, 0.717) is 16.6 Å². The number of anilines is 1. The zero-order valence-corrected chi connectivity index (χ0v) is 10.0. The molecule has 0 amide bonds. The second-order valence-electron chi connectivity index (χ2n) is 3.44. The van der Waals surface area contributed by atoms with Crippen molar-refractivity contribution in [3.63, 3.8) is 0 Å². The number of rotatable bonds is 4. The summed E-state index contributed by atoms with van der Waals surface area (Å²) in [5, 5.41) is 14.7. The van der Waals surface area contributed by atoms with Crippen LogP contribution in [-0.2, 0) is 0 Å². The lowest BCUT2D eigenvalue weighted by Crippen LogP contribution is -2.19. The third-order valence-corrected chi connectivity index (χ3v) is 2.59. The van der Waals surface area contributed by atoms with Crippen LogP contribution in [0.2, 0.25) is 0 Å². The lowest BCUT2D eigenvalue weighted by molar-refractivity contribution is -0.401. The topological polar surface area (TPSA) is 84.4 Å². The van der Waals surface area contributed by atoms with E-state index in [1.54, 1.807) is 10.4 Å². The molecule has 0 aromatic carbocycles. The summed E-state index contributed by atoms with van der Waals surface area (Å²) < 4.78 is 5.05. The molecular formula is C9H10N4O3S. The predicted octanol–water partition coefficient (Wildman–Crippen LogP) is 2.20. The van der Waals surface area contributed by atoms with E-state index in [1.165, 1.54) is 23.5 Å². The fourth-order valence-corrected chi connectivity index (χ4v) is 1.97. The molecule has 0 aliphatic heterocycles. The summed E-state index contributed by atoms with van der Waals surface area (Å²) in [6.45, 7) is 0. The van der Waals surface area contributed by atoms with Gasteiger partial charge < -0.3 is 4.42 Å². The first-order valence-corrected chi connectivity index (χ1v) is 5.58. The van der Waals surface area contributed by atoms with Gasteiger partial charge in [-0.05, 0) is 6.07 Å². The first kappa shape index (κ1) is 11.6. The van der Waals surface area contributed by atoms with Crippen LogP contribution in [0.3, 0.4) is 0 Å². The van der Waals surface area contributed by atoms with Crippen LogP contribution in [-0.4, -0.2) is 29.0 Å². The fourth-order valence-electron chi connectivity index (χ4n) is 1.19. The van der Waals surface area contributed by atoms with Crippen LogP contribution in [0.1, 0.15) is 0 Å². The van der Waals surface area contributed by atoms with Crippen LogP contribution in [0.15, 0.2) is 21.9 Å². The second kappa shape index (κ2) is 4.52. The van der Waals surface area contributed by atoms with Crippen molar-refractivity contribution in [2.45, 2.75) is 0 Å². The molecule has 8 heteroatoms. The molecule has 0 fully saturated rings. The lowest BCUT2D eigenvalue weighted by Gasteiger charge is -2.08. The minimum atomic E-state index is -0.575. The number of nitro groups is 1. The molecule has 2 rings (SSSR count). The van der Waals surface area contributed by atoms with Gasteiger partial charge in [0.15, 0.2) is 10.9 Å². The molecule has 0 radical (unpaired) electrons. The van der Waals surface area contributed by atoms with Gasteiger partial charge in [-0.25, -0.2) is 9.99 Å². The smallest absolute Gasteiger partial charge is 0.399 e. The Morgan fingerprint density at radius 2 is 2.29 bits per heavy atom. The van der Waals surface area contributed by atoms with E-state index >= 15 is 0 Å². The largest absolute Gasteiger partial charge is 0.433 e. The molecule has 2 aromatic rings. The van der Waals surface area contributed by atoms with Crippen molar-refractivity contribution in [3.8, 4) is 11.5 Å². The summed E-state index contributed by atoms with van der Waals surface area (Å²) >= 11 is 1.40. The molecule has 0 saturated heterocycles. The third-order valence-electron chi connectivity index (χ3n) is 1.85. The lowest BCUT2D eigenvalue weighted by atomic mass is 10.4. The van der Waals surface area contributed by atoms with Crippen molar-refractivity contribution >= 4 is 22.4 Å². The molecule has 0 unspecified atom stereocenters. The number of aromatic nitrogens is 1. The quantitative estimate of drug-likeness (QED) is 0.665. The van der Waals surface area contributed by atoms with Crippen molar-refractivity contribution in [1.29, 1.82) is 0 Å². The van der Waals surface area contributed by atoms with Crippen LogP contribution in [0, 0.1) is 10.1 Å². The second-order valence-corrected chi connectivity index (χ2v) is 4.30. The maximum atomic E-state index is 10.5. The van der Waals surface area contributed by atoms with Gasteiger partial charge in [0.25, 0.3) is 0 Å². The highest BCUT2D eigenvalue weighted by molar-refractivity contribution is 7.14. The Labute approximate surface area is 101 Å². The minimum absolute atomic E-state index is 0.282. The third kappa shape index (κ3) is 2.60. The van der Waals surface area contributed by atoms with Crippen molar-refractivity contribution < 1.29 is 9.34 Å². The van der Waals surface area contributed by atoms with E-state index in [-0.39, 0.29) is 5.88 Å². The summed E-state index contributed by atoms with van der Waals surface area (Å²) in [6, 6.07) is 2.85. The maximum absolute atomic E-state index is 10.5. The Balaban J connectivity index is 2.21. The standard InChI is InChI=1S/C9H10N4O3S/c1-12(2)11-9-10-6(5-17-9)7-3-4-8(16-7)13(14)15/h3-5H,1-2H3,(H,10,11). The highest BCUT2D eigenvalue weighted by Crippen LogP contribution is 2.28. The highest BCUT2D eigenvalue weighted by atomic mass is 32.1. The normalized spacial score (nSPS) is 10.8. The molecule has 0 bridgehead atoms. The van der Waals surface area contributed by atoms with Crippen LogP contribution < -0.4 is 5.43 Å². The Hall–Kier alpha value is -1.93. The molecule has 2 heterocycles. The molecule has 90 valence electrons. The van der Waals surface area contributed by atoms with Gasteiger partial charge in [-0.15, -0.1) is 11.3 Å². The van der Waals surface area contributed by atoms with Gasteiger partial charge in [0.1, 0.15) is 10.6 Å². The molecule has 0 aliphatic carbocycles. The van der Waals surface area contributed by atoms with Crippen molar-refractivity contribution in [2.24, 2.45) is 0 Å². The highest BCUT2D eigenvalue weighted by Gasteiger charge is 2.15. The van der Waals surface area contributed by atoms with Gasteiger partial charge in [-0.3, -0.25) is 15.5 Å². The summed E-state index contributed by atoms with van der Waals surface area (Å²) in [4.78, 5) is 14.1. The summed E-state index contributed by atoms with van der Waals surface area (Å²) in [5.41, 5.74) is 3.57. The molecule has 0 saturated carbocycles. The summed E-state index contributed by atoms with van der Waals surface area (Å²) in [6.07, 6.45) is 0. The number of thiazole rings is 1. The number of furan rings is 1. The van der Waals surface area contributed by atoms with E-state index in [9.17, 15) is 10.1 Å². The van der Waals surface area contributed by atoms with Crippen LogP contribution >= 0.6 is 11.3 Å². The van der Waals surface area contributed by atoms with Gasteiger partial charge >= 0.3 is 5.88 Å². The van der Waals surface area contributed by atoms with Crippen LogP contribution in [0.4, 0.5) is 11.0 Å². The van der Waals surface area contributed by atoms with Gasteiger partial charge in [0.2, 0.25) is 0 Å². The average molecular weight is 254 g/mol. The summed E-state index contributed by atoms with van der Waals surface area (Å²) in [5.74, 6) is 0.106. The fraction of sp³-hybridized carbons (Fsp3) is 0.222. The van der Waals surface area contributed by atoms with Crippen molar-refractivity contribution in [3.05, 3.63) is 27.6 Å². The molecule has 17 heavy (non-hydrogen) atoms. The Morgan fingerprint density at radius 1 is 1.53 bits per heavy atom. The van der Waals surface area contributed by atoms with Gasteiger partial charge in [-0.1, -0.05) is 0 Å². The maximum Gasteiger partial charge on any atom is 0.433 e. The monoisotopic (exact) mass is 254 g/mol. The summed E-state index contributed by atoms with van der Waals surface area (Å²) in [7, 11) is 3.69. The van der Waals surface area contributed by atoms with E-state index in [0.717, 1.165) is 0 Å². The molecule has 2 aromatic heterocycles. The molecule has 0 aliphatic rings. The van der Waals surface area contributed by atoms with Crippen LogP contribution in [0.5, 0.6) is 0 Å². The predicted molar refractivity (Wildman–Crippen MR) is 63.8 cm³/mol. The molecular weight excluding hydrogens is 244 g/mol. The number of nitrogens with one attached hydrogen (secondary N) is 1. The number of hydrazine groups is 1. The van der Waals surface area contributed by atoms with E-state index < -0.39 is 4.92 Å². The van der Waals surface area contributed by atoms with Gasteiger partial charge in [-0.2, -0.15) is 0 Å². The zero-order valence-electron chi connectivity index (χ0n) is 9.21. The number of hydrogen-bond donors (Lipinski definition) is 1. The molecule has 0 atom stereocenters. The van der Waals surface area contributed by atoms with Gasteiger partial charge in [0, 0.05) is 19.5 Å². The SMILES string of the molecule is CN(C)Nc1nc(-c2ccc([N+](=O)[O-])o2)cs1. The first-order chi connectivity index (χ1) is 8.06. The number of hydrogen-bond acceptors (Lipinski definition) is 7. The van der Waals surface area contributed by atoms with E-state index in [4.69, 9.17) is 4.42 Å². The van der Waals surface area contributed by atoms with Gasteiger partial charge in [0.05, 0.1) is 6.07 Å². The average Bonchev–Trinajstić information content (AvgIpc) is 2.83. The Bertz CT molecular complexity index is 534. The molecule has 1 N–H and O–H groups in total. The Kier molecular flexibility index (Phi) is 3.07. The van der Waals surface area contributed by atoms with E-state index in [2.05, 4.69) is 10.4 Å². The van der Waals surface area contributed by atoms with E-state index in [1.807, 2.05) is 14.1 Å².